The number of nitrogens with two attached hydrogens (primary N) is 1. The molecule has 1 amide bonds. The van der Waals surface area contributed by atoms with Crippen LogP contribution in [0.1, 0.15) is 39.5 Å². The van der Waals surface area contributed by atoms with Gasteiger partial charge in [0.1, 0.15) is 0 Å². The molecule has 0 saturated heterocycles. The van der Waals surface area contributed by atoms with Crippen LogP contribution >= 0.6 is 0 Å². The van der Waals surface area contributed by atoms with Gasteiger partial charge in [0.25, 0.3) is 0 Å². The van der Waals surface area contributed by atoms with E-state index in [1.807, 2.05) is 0 Å². The summed E-state index contributed by atoms with van der Waals surface area (Å²) in [7, 11) is 2.19. The van der Waals surface area contributed by atoms with E-state index >= 15 is 0 Å². The van der Waals surface area contributed by atoms with Gasteiger partial charge in [-0.1, -0.05) is 0 Å². The molecule has 16 heavy (non-hydrogen) atoms. The Morgan fingerprint density at radius 3 is 2.38 bits per heavy atom. The van der Waals surface area contributed by atoms with Crippen LogP contribution in [0.15, 0.2) is 0 Å². The minimum Gasteiger partial charge on any atom is -0.352 e. The highest BCUT2D eigenvalue weighted by molar-refractivity contribution is 5.78. The van der Waals surface area contributed by atoms with Crippen molar-refractivity contribution >= 4 is 5.91 Å². The number of nitrogens with one attached hydrogen (secondary N) is 1. The minimum atomic E-state index is -0.0272. The normalized spacial score (nSPS) is 26.1. The van der Waals surface area contributed by atoms with Crippen molar-refractivity contribution in [2.24, 2.45) is 5.73 Å². The molecule has 0 aliphatic heterocycles. The van der Waals surface area contributed by atoms with Crippen molar-refractivity contribution in [3.63, 3.8) is 0 Å². The molecule has 1 aliphatic rings. The molecular formula is C12H25N3O. The maximum Gasteiger partial charge on any atom is 0.233 e. The summed E-state index contributed by atoms with van der Waals surface area (Å²) in [5, 5.41) is 2.97. The van der Waals surface area contributed by atoms with Crippen molar-refractivity contribution in [3.05, 3.63) is 0 Å². The molecule has 0 unspecified atom stereocenters. The second-order valence-corrected chi connectivity index (χ2v) is 5.04. The molecule has 1 fully saturated rings. The van der Waals surface area contributed by atoms with E-state index in [0.29, 0.717) is 18.1 Å². The summed E-state index contributed by atoms with van der Waals surface area (Å²) in [5.41, 5.74) is 5.28. The Bertz CT molecular complexity index is 222. The number of hydrogen-bond acceptors (Lipinski definition) is 3. The molecule has 94 valence electrons. The number of carbonyl (C=O) groups is 1. The van der Waals surface area contributed by atoms with Gasteiger partial charge in [0.15, 0.2) is 0 Å². The molecule has 0 spiro atoms. The van der Waals surface area contributed by atoms with Crippen LogP contribution in [0.5, 0.6) is 0 Å². The quantitative estimate of drug-likeness (QED) is 0.744. The predicted molar refractivity (Wildman–Crippen MR) is 66.1 cm³/mol. The number of hydrogen-bond donors (Lipinski definition) is 2. The molecule has 4 nitrogen and oxygen atoms in total. The van der Waals surface area contributed by atoms with Gasteiger partial charge in [-0.3, -0.25) is 4.79 Å². The average Bonchev–Trinajstić information content (AvgIpc) is 2.28. The zero-order valence-electron chi connectivity index (χ0n) is 10.7. The molecule has 0 bridgehead atoms. The lowest BCUT2D eigenvalue weighted by Crippen LogP contribution is -2.45. The Morgan fingerprint density at radius 1 is 1.38 bits per heavy atom. The predicted octanol–water partition coefficient (Wildman–Crippen LogP) is 0.713. The molecule has 3 N–H and O–H groups in total. The fraction of sp³-hybridized carbons (Fsp3) is 0.917. The maximum atomic E-state index is 11.2. The van der Waals surface area contributed by atoms with Crippen LogP contribution in [-0.2, 0) is 4.79 Å². The van der Waals surface area contributed by atoms with Crippen molar-refractivity contribution in [2.75, 3.05) is 13.6 Å². The maximum absolute atomic E-state index is 11.2. The highest BCUT2D eigenvalue weighted by Gasteiger charge is 2.25. The summed E-state index contributed by atoms with van der Waals surface area (Å²) in [4.78, 5) is 13.6. The largest absolute Gasteiger partial charge is 0.352 e. The molecule has 1 saturated carbocycles. The van der Waals surface area contributed by atoms with Crippen LogP contribution < -0.4 is 11.1 Å². The molecule has 0 heterocycles. The van der Waals surface area contributed by atoms with E-state index in [9.17, 15) is 4.79 Å². The Labute approximate surface area is 98.6 Å². The number of rotatable bonds is 4. The standard InChI is InChI=1S/C12H25N3O/c1-9(2)15(3)11-6-4-10(5-7-11)14-12(16)8-13/h9-11H,4-8,13H2,1-3H3,(H,14,16). The molecule has 0 atom stereocenters. The van der Waals surface area contributed by atoms with Crippen LogP contribution in [0.4, 0.5) is 0 Å². The van der Waals surface area contributed by atoms with E-state index in [1.165, 1.54) is 12.8 Å². The zero-order chi connectivity index (χ0) is 12.1. The van der Waals surface area contributed by atoms with E-state index in [4.69, 9.17) is 5.73 Å². The number of amides is 1. The monoisotopic (exact) mass is 227 g/mol. The van der Waals surface area contributed by atoms with Gasteiger partial charge in [0.05, 0.1) is 6.54 Å². The van der Waals surface area contributed by atoms with Crippen molar-refractivity contribution < 1.29 is 4.79 Å². The lowest BCUT2D eigenvalue weighted by atomic mass is 9.90. The molecule has 1 rings (SSSR count). The van der Waals surface area contributed by atoms with Gasteiger partial charge in [0.2, 0.25) is 5.91 Å². The second kappa shape index (κ2) is 6.21. The fourth-order valence-electron chi connectivity index (χ4n) is 2.34. The Kier molecular flexibility index (Phi) is 5.22. The van der Waals surface area contributed by atoms with Crippen LogP contribution in [0.25, 0.3) is 0 Å². The van der Waals surface area contributed by atoms with Crippen LogP contribution in [0, 0.1) is 0 Å². The van der Waals surface area contributed by atoms with Gasteiger partial charge >= 0.3 is 0 Å². The van der Waals surface area contributed by atoms with Gasteiger partial charge in [-0.05, 0) is 46.6 Å². The van der Waals surface area contributed by atoms with Gasteiger partial charge < -0.3 is 16.0 Å². The molecule has 0 aromatic carbocycles. The molecule has 1 aliphatic carbocycles. The van der Waals surface area contributed by atoms with E-state index < -0.39 is 0 Å². The van der Waals surface area contributed by atoms with Crippen LogP contribution in [0.3, 0.4) is 0 Å². The summed E-state index contributed by atoms with van der Waals surface area (Å²) in [6.45, 7) is 4.55. The second-order valence-electron chi connectivity index (χ2n) is 5.04. The van der Waals surface area contributed by atoms with Gasteiger partial charge in [-0.25, -0.2) is 0 Å². The Morgan fingerprint density at radius 2 is 1.94 bits per heavy atom. The zero-order valence-corrected chi connectivity index (χ0v) is 10.7. The first-order chi connectivity index (χ1) is 7.54. The fourth-order valence-corrected chi connectivity index (χ4v) is 2.34. The summed E-state index contributed by atoms with van der Waals surface area (Å²) in [5.74, 6) is -0.0272. The number of carbonyl (C=O) groups excluding carboxylic acids is 1. The summed E-state index contributed by atoms with van der Waals surface area (Å²) in [6, 6.07) is 1.61. The molecule has 0 radical (unpaired) electrons. The van der Waals surface area contributed by atoms with Crippen LogP contribution in [-0.4, -0.2) is 42.5 Å². The third-order valence-electron chi connectivity index (χ3n) is 3.64. The van der Waals surface area contributed by atoms with Gasteiger partial charge in [-0.2, -0.15) is 0 Å². The SMILES string of the molecule is CC(C)N(C)C1CCC(NC(=O)CN)CC1. The Hall–Kier alpha value is -0.610. The highest BCUT2D eigenvalue weighted by Crippen LogP contribution is 2.23. The summed E-state index contributed by atoms with van der Waals surface area (Å²) in [6.07, 6.45) is 4.50. The third kappa shape index (κ3) is 3.76. The minimum absolute atomic E-state index is 0.0272. The summed E-state index contributed by atoms with van der Waals surface area (Å²) >= 11 is 0. The van der Waals surface area contributed by atoms with Crippen molar-refractivity contribution in [3.8, 4) is 0 Å². The topological polar surface area (TPSA) is 58.4 Å². The molecular weight excluding hydrogens is 202 g/mol. The van der Waals surface area contributed by atoms with E-state index in [1.54, 1.807) is 0 Å². The first-order valence-electron chi connectivity index (χ1n) is 6.26. The summed E-state index contributed by atoms with van der Waals surface area (Å²) < 4.78 is 0. The van der Waals surface area contributed by atoms with Crippen molar-refractivity contribution in [1.29, 1.82) is 0 Å². The van der Waals surface area contributed by atoms with E-state index in [-0.39, 0.29) is 12.5 Å². The van der Waals surface area contributed by atoms with Crippen molar-refractivity contribution in [1.82, 2.24) is 10.2 Å². The van der Waals surface area contributed by atoms with Gasteiger partial charge in [-0.15, -0.1) is 0 Å². The van der Waals surface area contributed by atoms with E-state index in [2.05, 4.69) is 31.1 Å². The average molecular weight is 227 g/mol. The Balaban J connectivity index is 2.31. The lowest BCUT2D eigenvalue weighted by molar-refractivity contribution is -0.120. The van der Waals surface area contributed by atoms with Crippen molar-refractivity contribution in [2.45, 2.75) is 57.7 Å². The molecule has 0 aromatic heterocycles. The smallest absolute Gasteiger partial charge is 0.233 e. The van der Waals surface area contributed by atoms with Gasteiger partial charge in [0, 0.05) is 18.1 Å². The molecule has 0 aromatic rings. The first-order valence-corrected chi connectivity index (χ1v) is 6.26. The number of nitrogens with zero attached hydrogens (tertiary/aromatic N) is 1. The van der Waals surface area contributed by atoms with Crippen LogP contribution in [0.2, 0.25) is 0 Å². The first kappa shape index (κ1) is 13.5. The third-order valence-corrected chi connectivity index (χ3v) is 3.64. The molecule has 4 heteroatoms. The highest BCUT2D eigenvalue weighted by atomic mass is 16.1. The van der Waals surface area contributed by atoms with E-state index in [0.717, 1.165) is 12.8 Å². The lowest BCUT2D eigenvalue weighted by Gasteiger charge is -2.37.